The second-order valence-corrected chi connectivity index (χ2v) is 8.72. The second-order valence-electron chi connectivity index (χ2n) is 8.29. The first-order valence-electron chi connectivity index (χ1n) is 10.2. The van der Waals surface area contributed by atoms with Gasteiger partial charge in [0.1, 0.15) is 12.3 Å². The van der Waals surface area contributed by atoms with Crippen molar-refractivity contribution in [1.82, 2.24) is 10.2 Å². The zero-order valence-corrected chi connectivity index (χ0v) is 17.8. The highest BCUT2D eigenvalue weighted by atomic mass is 35.5. The van der Waals surface area contributed by atoms with Gasteiger partial charge in [0.2, 0.25) is 5.89 Å². The van der Waals surface area contributed by atoms with E-state index in [1.165, 1.54) is 23.3 Å². The van der Waals surface area contributed by atoms with E-state index in [1.54, 1.807) is 0 Å². The molecule has 0 bridgehead atoms. The smallest absolute Gasteiger partial charge is 0.271 e. The van der Waals surface area contributed by atoms with Gasteiger partial charge < -0.3 is 14.4 Å². The molecule has 6 heteroatoms. The van der Waals surface area contributed by atoms with E-state index in [1.807, 2.05) is 30.3 Å². The Bertz CT molecular complexity index is 994. The first-order valence-corrected chi connectivity index (χ1v) is 10.5. The third-order valence-electron chi connectivity index (χ3n) is 5.60. The second kappa shape index (κ2) is 8.17. The van der Waals surface area contributed by atoms with Crippen molar-refractivity contribution in [1.29, 1.82) is 0 Å². The maximum absolute atomic E-state index is 10.5. The Balaban J connectivity index is 1.53. The summed E-state index contributed by atoms with van der Waals surface area (Å²) >= 11 is 5.95. The number of nitrogens with zero attached hydrogens (tertiary/aromatic N) is 2. The molecule has 0 amide bonds. The third-order valence-corrected chi connectivity index (χ3v) is 5.85. The lowest BCUT2D eigenvalue weighted by Gasteiger charge is -2.20. The van der Waals surface area contributed by atoms with Crippen LogP contribution in [0.2, 0.25) is 5.02 Å². The Hall–Kier alpha value is -2.37. The molecule has 5 nitrogen and oxygen atoms in total. The van der Waals surface area contributed by atoms with E-state index in [0.717, 1.165) is 23.2 Å². The number of quaternary nitrogens is 1. The molecular weight excluding hydrogens is 386 g/mol. The minimum atomic E-state index is 0.373. The zero-order chi connectivity index (χ0) is 20.5. The highest BCUT2D eigenvalue weighted by molar-refractivity contribution is 6.30. The lowest BCUT2D eigenvalue weighted by atomic mass is 9.95. The van der Waals surface area contributed by atoms with Crippen LogP contribution in [0.15, 0.2) is 40.8 Å². The number of benzene rings is 2. The predicted molar refractivity (Wildman–Crippen MR) is 113 cm³/mol. The molecule has 1 unspecified atom stereocenters. The van der Waals surface area contributed by atoms with E-state index in [4.69, 9.17) is 16.0 Å². The minimum absolute atomic E-state index is 0.373. The Morgan fingerprint density at radius 3 is 2.52 bits per heavy atom. The van der Waals surface area contributed by atoms with Gasteiger partial charge in [-0.3, -0.25) is 0 Å². The first-order chi connectivity index (χ1) is 13.9. The molecule has 1 aromatic heterocycles. The molecule has 0 aliphatic heterocycles. The highest BCUT2D eigenvalue weighted by Crippen LogP contribution is 2.27. The van der Waals surface area contributed by atoms with Crippen molar-refractivity contribution in [2.45, 2.75) is 58.7 Å². The van der Waals surface area contributed by atoms with Gasteiger partial charge in [0.05, 0.1) is 6.04 Å². The molecule has 1 aliphatic carbocycles. The van der Waals surface area contributed by atoms with Crippen LogP contribution >= 0.6 is 11.6 Å². The van der Waals surface area contributed by atoms with Gasteiger partial charge in [-0.2, -0.15) is 0 Å². The van der Waals surface area contributed by atoms with Crippen LogP contribution in [0.1, 0.15) is 55.2 Å². The van der Waals surface area contributed by atoms with Crippen molar-refractivity contribution in [3.05, 3.63) is 64.0 Å². The molecule has 0 saturated heterocycles. The molecule has 0 spiro atoms. The fourth-order valence-corrected chi connectivity index (χ4v) is 3.96. The van der Waals surface area contributed by atoms with Gasteiger partial charge in [0.25, 0.3) is 5.89 Å². The van der Waals surface area contributed by atoms with Crippen molar-refractivity contribution in [2.24, 2.45) is 0 Å². The van der Waals surface area contributed by atoms with E-state index in [0.29, 0.717) is 41.1 Å². The SMILES string of the molecule is Cc1cc(O)c(C[NH+](Cc2nnc(-c3ccc(Cl)cc3)o2)C2CC2)cc1C(C)C. The van der Waals surface area contributed by atoms with Gasteiger partial charge in [-0.25, -0.2) is 0 Å². The normalized spacial score (nSPS) is 15.1. The standard InChI is InChI=1S/C23H26ClN3O2/c1-14(2)20-11-17(21(28)10-15(20)3)12-27(19-8-9-19)13-22-25-26-23(29-22)16-4-6-18(24)7-5-16/h4-7,10-11,14,19,28H,8-9,12-13H2,1-3H3/p+1. The van der Waals surface area contributed by atoms with Gasteiger partial charge in [0.15, 0.2) is 6.54 Å². The fourth-order valence-electron chi connectivity index (χ4n) is 3.84. The number of aryl methyl sites for hydroxylation is 1. The molecule has 3 aromatic rings. The number of halogens is 1. The zero-order valence-electron chi connectivity index (χ0n) is 17.1. The Morgan fingerprint density at radius 2 is 1.86 bits per heavy atom. The first kappa shape index (κ1) is 19.9. The number of rotatable bonds is 7. The summed E-state index contributed by atoms with van der Waals surface area (Å²) in [5.74, 6) is 1.92. The van der Waals surface area contributed by atoms with Crippen LogP contribution in [0.25, 0.3) is 11.5 Å². The van der Waals surface area contributed by atoms with Crippen LogP contribution in [-0.2, 0) is 13.1 Å². The molecule has 0 radical (unpaired) electrons. The number of hydrogen-bond acceptors (Lipinski definition) is 4. The molecule has 1 saturated carbocycles. The van der Waals surface area contributed by atoms with Gasteiger partial charge in [-0.1, -0.05) is 25.4 Å². The quantitative estimate of drug-likeness (QED) is 0.608. The van der Waals surface area contributed by atoms with E-state index in [9.17, 15) is 5.11 Å². The Morgan fingerprint density at radius 1 is 1.14 bits per heavy atom. The van der Waals surface area contributed by atoms with Gasteiger partial charge >= 0.3 is 0 Å². The number of aromatic hydroxyl groups is 1. The summed E-state index contributed by atoms with van der Waals surface area (Å²) in [6, 6.07) is 12.0. The van der Waals surface area contributed by atoms with Crippen LogP contribution in [0.4, 0.5) is 0 Å². The Kier molecular flexibility index (Phi) is 5.61. The fraction of sp³-hybridized carbons (Fsp3) is 0.391. The summed E-state index contributed by atoms with van der Waals surface area (Å²) < 4.78 is 5.92. The van der Waals surface area contributed by atoms with E-state index in [-0.39, 0.29) is 0 Å². The molecule has 29 heavy (non-hydrogen) atoms. The number of nitrogens with one attached hydrogen (secondary N) is 1. The summed E-state index contributed by atoms with van der Waals surface area (Å²) in [4.78, 5) is 1.35. The van der Waals surface area contributed by atoms with Crippen molar-refractivity contribution in [3.63, 3.8) is 0 Å². The van der Waals surface area contributed by atoms with Crippen LogP contribution < -0.4 is 4.90 Å². The van der Waals surface area contributed by atoms with E-state index < -0.39 is 0 Å². The monoisotopic (exact) mass is 412 g/mol. The number of hydrogen-bond donors (Lipinski definition) is 2. The number of aromatic nitrogens is 2. The molecule has 1 fully saturated rings. The van der Waals surface area contributed by atoms with Crippen LogP contribution in [0, 0.1) is 6.92 Å². The summed E-state index contributed by atoms with van der Waals surface area (Å²) in [7, 11) is 0. The van der Waals surface area contributed by atoms with Crippen molar-refractivity contribution < 1.29 is 14.4 Å². The molecule has 1 aliphatic rings. The van der Waals surface area contributed by atoms with Crippen LogP contribution in [-0.4, -0.2) is 21.3 Å². The molecule has 1 atom stereocenters. The molecule has 2 aromatic carbocycles. The predicted octanol–water partition coefficient (Wildman–Crippen LogP) is 4.27. The molecule has 152 valence electrons. The number of phenols is 1. The molecule has 2 N–H and O–H groups in total. The average molecular weight is 413 g/mol. The lowest BCUT2D eigenvalue weighted by molar-refractivity contribution is -0.939. The van der Waals surface area contributed by atoms with Gasteiger partial charge in [-0.15, -0.1) is 10.2 Å². The van der Waals surface area contributed by atoms with Crippen molar-refractivity contribution in [3.8, 4) is 17.2 Å². The largest absolute Gasteiger partial charge is 0.507 e. The van der Waals surface area contributed by atoms with Gasteiger partial charge in [0, 0.05) is 29.0 Å². The van der Waals surface area contributed by atoms with Crippen molar-refractivity contribution >= 4 is 11.6 Å². The van der Waals surface area contributed by atoms with E-state index in [2.05, 4.69) is 37.0 Å². The maximum Gasteiger partial charge on any atom is 0.271 e. The van der Waals surface area contributed by atoms with E-state index >= 15 is 0 Å². The summed E-state index contributed by atoms with van der Waals surface area (Å²) in [6.07, 6.45) is 2.38. The van der Waals surface area contributed by atoms with Crippen LogP contribution in [0.5, 0.6) is 5.75 Å². The van der Waals surface area contributed by atoms with Gasteiger partial charge in [-0.05, 0) is 60.4 Å². The third kappa shape index (κ3) is 4.62. The Labute approximate surface area is 176 Å². The topological polar surface area (TPSA) is 63.6 Å². The van der Waals surface area contributed by atoms with Crippen LogP contribution in [0.3, 0.4) is 0 Å². The highest BCUT2D eigenvalue weighted by Gasteiger charge is 2.35. The average Bonchev–Trinajstić information content (AvgIpc) is 3.42. The summed E-state index contributed by atoms with van der Waals surface area (Å²) in [5, 5.41) is 19.6. The molecular formula is C23H27ClN3O2+. The maximum atomic E-state index is 10.5. The molecule has 4 rings (SSSR count). The minimum Gasteiger partial charge on any atom is -0.507 e. The molecule has 1 heterocycles. The number of phenolic OH excluding ortho intramolecular Hbond substituents is 1. The summed E-state index contributed by atoms with van der Waals surface area (Å²) in [5.41, 5.74) is 4.27. The van der Waals surface area contributed by atoms with Crippen molar-refractivity contribution in [2.75, 3.05) is 0 Å². The lowest BCUT2D eigenvalue weighted by Crippen LogP contribution is -3.10. The summed E-state index contributed by atoms with van der Waals surface area (Å²) in [6.45, 7) is 7.82.